The zero-order chi connectivity index (χ0) is 27.8. The van der Waals surface area contributed by atoms with E-state index in [0.29, 0.717) is 45.7 Å². The van der Waals surface area contributed by atoms with Gasteiger partial charge >= 0.3 is 11.9 Å². The van der Waals surface area contributed by atoms with Gasteiger partial charge in [0.1, 0.15) is 0 Å². The number of aromatic nitrogens is 2. The van der Waals surface area contributed by atoms with Crippen LogP contribution in [0.5, 0.6) is 0 Å². The molecule has 8 nitrogen and oxygen atoms in total. The van der Waals surface area contributed by atoms with Gasteiger partial charge in [-0.05, 0) is 26.9 Å². The van der Waals surface area contributed by atoms with Gasteiger partial charge in [-0.15, -0.1) is 0 Å². The van der Waals surface area contributed by atoms with Crippen molar-refractivity contribution in [2.45, 2.75) is 117 Å². The summed E-state index contributed by atoms with van der Waals surface area (Å²) in [5, 5.41) is 4.46. The van der Waals surface area contributed by atoms with Gasteiger partial charge in [0.2, 0.25) is 0 Å². The van der Waals surface area contributed by atoms with Crippen molar-refractivity contribution in [3.8, 4) is 0 Å². The van der Waals surface area contributed by atoms with Gasteiger partial charge in [0.15, 0.2) is 0 Å². The Morgan fingerprint density at radius 2 is 1.26 bits per heavy atom. The number of likely N-dealkylation sites (N-methyl/N-ethyl adjacent to an activating group) is 1. The van der Waals surface area contributed by atoms with E-state index in [1.807, 2.05) is 31.2 Å². The van der Waals surface area contributed by atoms with Crippen molar-refractivity contribution in [3.63, 3.8) is 0 Å². The Bertz CT molecular complexity index is 689. The van der Waals surface area contributed by atoms with Gasteiger partial charge in [-0.25, -0.2) is 0 Å². The summed E-state index contributed by atoms with van der Waals surface area (Å²) < 4.78 is 12.9. The minimum Gasteiger partial charge on any atom is -0.466 e. The van der Waals surface area contributed by atoms with E-state index in [0.717, 1.165) is 44.3 Å². The van der Waals surface area contributed by atoms with Crippen LogP contribution in [0.15, 0.2) is 12.4 Å². The highest BCUT2D eigenvalue weighted by Crippen LogP contribution is 2.09. The largest absolute Gasteiger partial charge is 0.466 e. The van der Waals surface area contributed by atoms with Crippen molar-refractivity contribution < 1.29 is 19.1 Å². The predicted molar refractivity (Wildman–Crippen MR) is 154 cm³/mol. The van der Waals surface area contributed by atoms with Crippen LogP contribution in [0, 0.1) is 0 Å². The molecule has 0 unspecified atom stereocenters. The molecule has 0 amide bonds. The second-order valence-electron chi connectivity index (χ2n) is 10.7. The lowest BCUT2D eigenvalue weighted by molar-refractivity contribution is -0.144. The molecule has 0 aliphatic rings. The minimum atomic E-state index is -0.170. The van der Waals surface area contributed by atoms with Gasteiger partial charge in [-0.1, -0.05) is 78.1 Å². The van der Waals surface area contributed by atoms with Crippen LogP contribution in [0.2, 0.25) is 0 Å². The Morgan fingerprint density at radius 3 is 1.76 bits per heavy atom. The molecule has 8 heteroatoms. The number of hydrogen-bond acceptors (Lipinski definition) is 7. The lowest BCUT2D eigenvalue weighted by Crippen LogP contribution is -2.29. The van der Waals surface area contributed by atoms with Gasteiger partial charge in [-0.2, -0.15) is 5.10 Å². The van der Waals surface area contributed by atoms with E-state index in [9.17, 15) is 9.59 Å². The number of rotatable bonds is 25. The van der Waals surface area contributed by atoms with Gasteiger partial charge in [0.25, 0.3) is 0 Å². The molecular formula is C30H56N4O4. The Kier molecular flexibility index (Phi) is 20.6. The molecule has 0 aliphatic heterocycles. The van der Waals surface area contributed by atoms with Gasteiger partial charge in [0, 0.05) is 37.9 Å². The standard InChI is InChI=1S/C30H56N4O4/c1-5-7-9-11-13-15-23-37-29(35)17-19-33(26-28-25-31-34(27-28)22-21-32(3)4)20-18-30(36)38-24-16-14-12-10-8-6-2/h25,27H,5-24,26H2,1-4H3. The first-order valence-corrected chi connectivity index (χ1v) is 15.1. The third-order valence-corrected chi connectivity index (χ3v) is 6.66. The van der Waals surface area contributed by atoms with Crippen LogP contribution in [0.4, 0.5) is 0 Å². The first-order valence-electron chi connectivity index (χ1n) is 15.1. The maximum Gasteiger partial charge on any atom is 0.307 e. The number of esters is 2. The summed E-state index contributed by atoms with van der Waals surface area (Å²) >= 11 is 0. The van der Waals surface area contributed by atoms with E-state index in [1.54, 1.807) is 0 Å². The quantitative estimate of drug-likeness (QED) is 0.115. The average molecular weight is 537 g/mol. The number of carbonyl (C=O) groups is 2. The topological polar surface area (TPSA) is 76.9 Å². The molecule has 1 rings (SSSR count). The molecule has 1 aromatic rings. The zero-order valence-electron chi connectivity index (χ0n) is 24.9. The number of hydrogen-bond donors (Lipinski definition) is 0. The monoisotopic (exact) mass is 536 g/mol. The molecular weight excluding hydrogens is 480 g/mol. The zero-order valence-corrected chi connectivity index (χ0v) is 24.9. The summed E-state index contributed by atoms with van der Waals surface area (Å²) in [7, 11) is 4.09. The molecule has 1 aromatic heterocycles. The molecule has 0 atom stereocenters. The van der Waals surface area contributed by atoms with Crippen LogP contribution in [0.25, 0.3) is 0 Å². The van der Waals surface area contributed by atoms with Crippen LogP contribution in [-0.2, 0) is 32.2 Å². The summed E-state index contributed by atoms with van der Waals surface area (Å²) in [6, 6.07) is 0. The summed E-state index contributed by atoms with van der Waals surface area (Å²) in [6.07, 6.45) is 18.6. The van der Waals surface area contributed by atoms with Crippen LogP contribution in [0.1, 0.15) is 109 Å². The maximum absolute atomic E-state index is 12.3. The third kappa shape index (κ3) is 19.2. The highest BCUT2D eigenvalue weighted by molar-refractivity contribution is 5.70. The highest BCUT2D eigenvalue weighted by Gasteiger charge is 2.14. The van der Waals surface area contributed by atoms with E-state index < -0.39 is 0 Å². The third-order valence-electron chi connectivity index (χ3n) is 6.66. The SMILES string of the molecule is CCCCCCCCOC(=O)CCN(CCC(=O)OCCCCCCCC)Cc1cnn(CCN(C)C)c1. The predicted octanol–water partition coefficient (Wildman–Crippen LogP) is 5.83. The van der Waals surface area contributed by atoms with Gasteiger partial charge in [-0.3, -0.25) is 19.2 Å². The first-order chi connectivity index (χ1) is 18.4. The Hall–Kier alpha value is -1.93. The van der Waals surface area contributed by atoms with Crippen molar-refractivity contribution >= 4 is 11.9 Å². The number of ether oxygens (including phenoxy) is 2. The molecule has 38 heavy (non-hydrogen) atoms. The molecule has 220 valence electrons. The van der Waals surface area contributed by atoms with Crippen molar-refractivity contribution in [3.05, 3.63) is 18.0 Å². The summed E-state index contributed by atoms with van der Waals surface area (Å²) in [6.45, 7) is 8.87. The minimum absolute atomic E-state index is 0.170. The lowest BCUT2D eigenvalue weighted by atomic mass is 10.1. The number of unbranched alkanes of at least 4 members (excludes halogenated alkanes) is 10. The Balaban J connectivity index is 2.44. The van der Waals surface area contributed by atoms with Crippen molar-refractivity contribution in [1.82, 2.24) is 19.6 Å². The molecule has 0 aliphatic carbocycles. The fourth-order valence-corrected chi connectivity index (χ4v) is 4.22. The molecule has 0 spiro atoms. The molecule has 0 fully saturated rings. The number of nitrogens with zero attached hydrogens (tertiary/aromatic N) is 4. The lowest BCUT2D eigenvalue weighted by Gasteiger charge is -2.21. The van der Waals surface area contributed by atoms with Gasteiger partial charge < -0.3 is 14.4 Å². The second kappa shape index (κ2) is 23.0. The fraction of sp³-hybridized carbons (Fsp3) is 0.833. The van der Waals surface area contributed by atoms with E-state index >= 15 is 0 Å². The molecule has 0 radical (unpaired) electrons. The first kappa shape index (κ1) is 34.1. The Morgan fingerprint density at radius 1 is 0.763 bits per heavy atom. The summed E-state index contributed by atoms with van der Waals surface area (Å²) in [5.74, 6) is -0.341. The van der Waals surface area contributed by atoms with Crippen LogP contribution < -0.4 is 0 Å². The van der Waals surface area contributed by atoms with Crippen LogP contribution in [-0.4, -0.2) is 78.5 Å². The van der Waals surface area contributed by atoms with E-state index in [4.69, 9.17) is 9.47 Å². The normalized spacial score (nSPS) is 11.4. The van der Waals surface area contributed by atoms with E-state index in [1.165, 1.54) is 51.4 Å². The van der Waals surface area contributed by atoms with Gasteiger partial charge in [0.05, 0.1) is 38.8 Å². The smallest absolute Gasteiger partial charge is 0.307 e. The maximum atomic E-state index is 12.3. The molecule has 1 heterocycles. The average Bonchev–Trinajstić information content (AvgIpc) is 3.35. The highest BCUT2D eigenvalue weighted by atomic mass is 16.5. The fourth-order valence-electron chi connectivity index (χ4n) is 4.22. The van der Waals surface area contributed by atoms with Crippen LogP contribution in [0.3, 0.4) is 0 Å². The van der Waals surface area contributed by atoms with Crippen molar-refractivity contribution in [1.29, 1.82) is 0 Å². The van der Waals surface area contributed by atoms with E-state index in [2.05, 4.69) is 28.7 Å². The molecule has 0 bridgehead atoms. The molecule has 0 saturated carbocycles. The Labute approximate surface area is 232 Å². The van der Waals surface area contributed by atoms with Crippen molar-refractivity contribution in [2.24, 2.45) is 0 Å². The second-order valence-corrected chi connectivity index (χ2v) is 10.7. The summed E-state index contributed by atoms with van der Waals surface area (Å²) in [5.41, 5.74) is 1.07. The van der Waals surface area contributed by atoms with Crippen molar-refractivity contribution in [2.75, 3.05) is 46.9 Å². The number of carbonyl (C=O) groups excluding carboxylic acids is 2. The molecule has 0 N–H and O–H groups in total. The van der Waals surface area contributed by atoms with E-state index in [-0.39, 0.29) is 11.9 Å². The molecule has 0 saturated heterocycles. The molecule has 0 aromatic carbocycles. The summed E-state index contributed by atoms with van der Waals surface area (Å²) in [4.78, 5) is 28.9. The van der Waals surface area contributed by atoms with Crippen LogP contribution >= 0.6 is 0 Å².